The van der Waals surface area contributed by atoms with Gasteiger partial charge >= 0.3 is 0 Å². The Morgan fingerprint density at radius 1 is 1.07 bits per heavy atom. The zero-order valence-corrected chi connectivity index (χ0v) is 17.5. The summed E-state index contributed by atoms with van der Waals surface area (Å²) in [5.74, 6) is 0.737. The summed E-state index contributed by atoms with van der Waals surface area (Å²) in [5, 5.41) is 0. The lowest BCUT2D eigenvalue weighted by atomic mass is 10.1. The standard InChI is InChI=1S/C23H21BrN5/c24-21-9-4-6-19(16-21)17-29(14-5-13-28-15-12-25-18-28)23-26-11-10-22(27-23)20-7-2-1-3-8-20/h2-4,6-12,15-16,18H,5,13-14,17H2. The van der Waals surface area contributed by atoms with Crippen molar-refractivity contribution in [1.29, 1.82) is 0 Å². The van der Waals surface area contributed by atoms with Crippen LogP contribution < -0.4 is 4.90 Å². The monoisotopic (exact) mass is 446 g/mol. The highest BCUT2D eigenvalue weighted by atomic mass is 79.9. The van der Waals surface area contributed by atoms with E-state index in [4.69, 9.17) is 4.98 Å². The van der Waals surface area contributed by atoms with Crippen molar-refractivity contribution in [3.8, 4) is 11.3 Å². The van der Waals surface area contributed by atoms with E-state index < -0.39 is 0 Å². The first-order valence-electron chi connectivity index (χ1n) is 9.52. The van der Waals surface area contributed by atoms with Gasteiger partial charge < -0.3 is 9.47 Å². The number of aryl methyl sites for hydroxylation is 1. The molecule has 0 fully saturated rings. The average molecular weight is 447 g/mol. The average Bonchev–Trinajstić information content (AvgIpc) is 3.27. The molecule has 0 saturated heterocycles. The maximum Gasteiger partial charge on any atom is 0.226 e. The Labute approximate surface area is 179 Å². The van der Waals surface area contributed by atoms with E-state index in [1.54, 1.807) is 0 Å². The normalized spacial score (nSPS) is 10.8. The predicted molar refractivity (Wildman–Crippen MR) is 118 cm³/mol. The molecule has 0 aliphatic rings. The molecule has 0 N–H and O–H groups in total. The molecule has 1 radical (unpaired) electrons. The van der Waals surface area contributed by atoms with Crippen LogP contribution in [0.25, 0.3) is 11.3 Å². The van der Waals surface area contributed by atoms with Crippen LogP contribution >= 0.6 is 15.9 Å². The van der Waals surface area contributed by atoms with E-state index in [1.807, 2.05) is 61.3 Å². The summed E-state index contributed by atoms with van der Waals surface area (Å²) >= 11 is 3.57. The minimum absolute atomic E-state index is 0.737. The molecule has 0 aliphatic carbocycles. The summed E-state index contributed by atoms with van der Waals surface area (Å²) in [7, 11) is 0. The molecule has 0 atom stereocenters. The van der Waals surface area contributed by atoms with Crippen molar-refractivity contribution in [2.45, 2.75) is 19.5 Å². The molecule has 2 aromatic carbocycles. The smallest absolute Gasteiger partial charge is 0.226 e. The minimum atomic E-state index is 0.737. The topological polar surface area (TPSA) is 46.8 Å². The number of rotatable bonds is 8. The number of nitrogens with zero attached hydrogens (tertiary/aromatic N) is 5. The molecule has 2 heterocycles. The first-order chi connectivity index (χ1) is 14.3. The van der Waals surface area contributed by atoms with Gasteiger partial charge in [0.25, 0.3) is 0 Å². The second-order valence-electron chi connectivity index (χ2n) is 6.74. The highest BCUT2D eigenvalue weighted by Gasteiger charge is 2.12. The fraction of sp³-hybridized carbons (Fsp3) is 0.174. The first-order valence-corrected chi connectivity index (χ1v) is 10.3. The van der Waals surface area contributed by atoms with Crippen LogP contribution in [0.1, 0.15) is 12.0 Å². The second kappa shape index (κ2) is 9.47. The summed E-state index contributed by atoms with van der Waals surface area (Å²) in [6.07, 6.45) is 8.45. The minimum Gasteiger partial charge on any atom is -0.337 e. The predicted octanol–water partition coefficient (Wildman–Crippen LogP) is 5.00. The van der Waals surface area contributed by atoms with Gasteiger partial charge in [0.05, 0.1) is 12.0 Å². The highest BCUT2D eigenvalue weighted by molar-refractivity contribution is 9.10. The third-order valence-corrected chi connectivity index (χ3v) is 5.10. The third kappa shape index (κ3) is 5.29. The molecule has 5 nitrogen and oxygen atoms in total. The summed E-state index contributed by atoms with van der Waals surface area (Å²) in [4.78, 5) is 15.8. The van der Waals surface area contributed by atoms with Crippen molar-refractivity contribution in [1.82, 2.24) is 19.5 Å². The Balaban J connectivity index is 1.56. The van der Waals surface area contributed by atoms with Gasteiger partial charge in [-0.25, -0.2) is 15.0 Å². The van der Waals surface area contributed by atoms with Crippen LogP contribution in [-0.4, -0.2) is 26.1 Å². The van der Waals surface area contributed by atoms with Gasteiger partial charge in [0, 0.05) is 48.3 Å². The van der Waals surface area contributed by atoms with Gasteiger partial charge in [-0.1, -0.05) is 52.3 Å². The van der Waals surface area contributed by atoms with E-state index in [-0.39, 0.29) is 0 Å². The number of aromatic nitrogens is 4. The van der Waals surface area contributed by atoms with Crippen LogP contribution in [-0.2, 0) is 13.1 Å². The Morgan fingerprint density at radius 3 is 2.76 bits per heavy atom. The van der Waals surface area contributed by atoms with Gasteiger partial charge in [-0.3, -0.25) is 0 Å². The van der Waals surface area contributed by atoms with Crippen molar-refractivity contribution in [3.05, 3.63) is 95.6 Å². The lowest BCUT2D eigenvalue weighted by molar-refractivity contribution is 0.614. The van der Waals surface area contributed by atoms with Crippen molar-refractivity contribution >= 4 is 21.9 Å². The maximum atomic E-state index is 4.85. The molecule has 0 saturated carbocycles. The number of hydrogen-bond donors (Lipinski definition) is 0. The molecule has 0 unspecified atom stereocenters. The van der Waals surface area contributed by atoms with Gasteiger partial charge in [0.1, 0.15) is 0 Å². The number of hydrogen-bond acceptors (Lipinski definition) is 4. The molecular formula is C23H21BrN5. The third-order valence-electron chi connectivity index (χ3n) is 4.61. The van der Waals surface area contributed by atoms with E-state index in [2.05, 4.69) is 59.6 Å². The Bertz CT molecular complexity index is 1030. The molecule has 6 heteroatoms. The van der Waals surface area contributed by atoms with Crippen LogP contribution in [0.15, 0.2) is 84.0 Å². The maximum absolute atomic E-state index is 4.85. The van der Waals surface area contributed by atoms with Gasteiger partial charge in [0.15, 0.2) is 0 Å². The molecule has 145 valence electrons. The van der Waals surface area contributed by atoms with E-state index >= 15 is 0 Å². The van der Waals surface area contributed by atoms with Gasteiger partial charge in [-0.2, -0.15) is 0 Å². The molecule has 0 amide bonds. The summed E-state index contributed by atoms with van der Waals surface area (Å²) in [6.45, 7) is 2.50. The van der Waals surface area contributed by atoms with Crippen LogP contribution in [0.3, 0.4) is 0 Å². The van der Waals surface area contributed by atoms with Crippen molar-refractivity contribution < 1.29 is 0 Å². The van der Waals surface area contributed by atoms with E-state index in [1.165, 1.54) is 5.56 Å². The summed E-state index contributed by atoms with van der Waals surface area (Å²) < 4.78 is 3.17. The van der Waals surface area contributed by atoms with Crippen molar-refractivity contribution in [2.24, 2.45) is 0 Å². The zero-order valence-electron chi connectivity index (χ0n) is 15.9. The number of imidazole rings is 1. The fourth-order valence-corrected chi connectivity index (χ4v) is 3.63. The number of benzene rings is 2. The molecule has 0 bridgehead atoms. The molecule has 0 spiro atoms. The molecule has 4 aromatic rings. The molecule has 29 heavy (non-hydrogen) atoms. The van der Waals surface area contributed by atoms with Gasteiger partial charge in [0.2, 0.25) is 5.95 Å². The Morgan fingerprint density at radius 2 is 1.97 bits per heavy atom. The zero-order chi connectivity index (χ0) is 19.9. The number of halogens is 1. The largest absolute Gasteiger partial charge is 0.337 e. The molecule has 0 aliphatic heterocycles. The molecule has 2 aromatic heterocycles. The van der Waals surface area contributed by atoms with Gasteiger partial charge in [-0.05, 0) is 36.2 Å². The second-order valence-corrected chi connectivity index (χ2v) is 7.65. The van der Waals surface area contributed by atoms with Crippen molar-refractivity contribution in [2.75, 3.05) is 11.4 Å². The van der Waals surface area contributed by atoms with Crippen molar-refractivity contribution in [3.63, 3.8) is 0 Å². The quantitative estimate of drug-likeness (QED) is 0.382. The lowest BCUT2D eigenvalue weighted by Gasteiger charge is -2.23. The van der Waals surface area contributed by atoms with Crippen LogP contribution in [0.4, 0.5) is 5.95 Å². The highest BCUT2D eigenvalue weighted by Crippen LogP contribution is 2.21. The fourth-order valence-electron chi connectivity index (χ4n) is 3.19. The SMILES string of the molecule is Brc1cccc(CN(CCCn2ccnc2)c2nccc(-c3cc[c]cc3)n2)c1. The molecule has 4 rings (SSSR count). The van der Waals surface area contributed by atoms with Gasteiger partial charge in [-0.15, -0.1) is 0 Å². The van der Waals surface area contributed by atoms with E-state index in [9.17, 15) is 0 Å². The van der Waals surface area contributed by atoms with Crippen LogP contribution in [0.2, 0.25) is 0 Å². The lowest BCUT2D eigenvalue weighted by Crippen LogP contribution is -2.26. The van der Waals surface area contributed by atoms with Crippen LogP contribution in [0, 0.1) is 6.07 Å². The number of anilines is 1. The first kappa shape index (κ1) is 19.3. The molecular weight excluding hydrogens is 426 g/mol. The van der Waals surface area contributed by atoms with Crippen LogP contribution in [0.5, 0.6) is 0 Å². The van der Waals surface area contributed by atoms with E-state index in [0.29, 0.717) is 0 Å². The summed E-state index contributed by atoms with van der Waals surface area (Å²) in [5.41, 5.74) is 3.19. The Hall–Kier alpha value is -2.99. The van der Waals surface area contributed by atoms with E-state index in [0.717, 1.165) is 47.7 Å². The Kier molecular flexibility index (Phi) is 6.32. The summed E-state index contributed by atoms with van der Waals surface area (Å²) in [6, 6.07) is 21.2.